The van der Waals surface area contributed by atoms with Crippen molar-refractivity contribution in [2.75, 3.05) is 33.2 Å². The predicted molar refractivity (Wildman–Crippen MR) is 89.2 cm³/mol. The Hall–Kier alpha value is -1.55. The molecule has 0 unspecified atom stereocenters. The Morgan fingerprint density at radius 1 is 1.29 bits per heavy atom. The maximum Gasteiger partial charge on any atom is 0.191 e. The van der Waals surface area contributed by atoms with Gasteiger partial charge in [-0.1, -0.05) is 37.3 Å². The van der Waals surface area contributed by atoms with E-state index in [2.05, 4.69) is 53.0 Å². The topological polar surface area (TPSA) is 44.9 Å². The molecule has 0 saturated carbocycles. The van der Waals surface area contributed by atoms with Crippen molar-refractivity contribution in [3.05, 3.63) is 35.9 Å². The molecule has 0 amide bonds. The Morgan fingerprint density at radius 3 is 2.62 bits per heavy atom. The molecule has 21 heavy (non-hydrogen) atoms. The average Bonchev–Trinajstić information content (AvgIpc) is 2.49. The maximum atomic E-state index is 6.09. The van der Waals surface area contributed by atoms with Crippen LogP contribution in [0.15, 0.2) is 35.3 Å². The summed E-state index contributed by atoms with van der Waals surface area (Å²) in [6.45, 7) is 7.06. The molecule has 1 aromatic carbocycles. The van der Waals surface area contributed by atoms with E-state index in [1.54, 1.807) is 0 Å². The lowest BCUT2D eigenvalue weighted by atomic mass is 10.00. The standard InChI is InChI=1S/C17H28N4/c1-15-8-11-21(12-9-15)17(18)19-10-13-20(2)14-16-6-4-3-5-7-16/h3-7,15H,8-14H2,1-2H3,(H2,18,19). The van der Waals surface area contributed by atoms with Gasteiger partial charge >= 0.3 is 0 Å². The van der Waals surface area contributed by atoms with Gasteiger partial charge in [-0.15, -0.1) is 0 Å². The molecule has 0 bridgehead atoms. The van der Waals surface area contributed by atoms with Crippen LogP contribution in [0.2, 0.25) is 0 Å². The second kappa shape index (κ2) is 8.03. The van der Waals surface area contributed by atoms with Crippen LogP contribution in [0.25, 0.3) is 0 Å². The minimum atomic E-state index is 0.718. The van der Waals surface area contributed by atoms with Gasteiger partial charge in [0, 0.05) is 26.2 Å². The summed E-state index contributed by atoms with van der Waals surface area (Å²) in [6.07, 6.45) is 2.45. The fraction of sp³-hybridized carbons (Fsp3) is 0.588. The highest BCUT2D eigenvalue weighted by Crippen LogP contribution is 2.15. The number of aliphatic imine (C=N–C) groups is 1. The number of hydrogen-bond donors (Lipinski definition) is 1. The first-order chi connectivity index (χ1) is 10.1. The lowest BCUT2D eigenvalue weighted by Crippen LogP contribution is -2.42. The normalized spacial score (nSPS) is 17.5. The van der Waals surface area contributed by atoms with Crippen LogP contribution in [0.1, 0.15) is 25.3 Å². The summed E-state index contributed by atoms with van der Waals surface area (Å²) in [5.74, 6) is 1.54. The number of nitrogens with two attached hydrogens (primary N) is 1. The number of likely N-dealkylation sites (tertiary alicyclic amines) is 1. The number of rotatable bonds is 5. The zero-order valence-corrected chi connectivity index (χ0v) is 13.3. The average molecular weight is 288 g/mol. The maximum absolute atomic E-state index is 6.09. The van der Waals surface area contributed by atoms with Gasteiger partial charge in [-0.2, -0.15) is 0 Å². The Labute approximate surface area is 128 Å². The van der Waals surface area contributed by atoms with Crippen LogP contribution < -0.4 is 5.73 Å². The highest BCUT2D eigenvalue weighted by atomic mass is 15.3. The van der Waals surface area contributed by atoms with Crippen molar-refractivity contribution < 1.29 is 0 Å². The van der Waals surface area contributed by atoms with Gasteiger partial charge in [0.2, 0.25) is 0 Å². The lowest BCUT2D eigenvalue weighted by Gasteiger charge is -2.31. The molecular formula is C17H28N4. The zero-order valence-electron chi connectivity index (χ0n) is 13.3. The van der Waals surface area contributed by atoms with E-state index >= 15 is 0 Å². The summed E-state index contributed by atoms with van der Waals surface area (Å²) in [4.78, 5) is 9.03. The summed E-state index contributed by atoms with van der Waals surface area (Å²) in [6, 6.07) is 10.5. The highest BCUT2D eigenvalue weighted by Gasteiger charge is 2.16. The molecule has 1 aromatic rings. The Balaban J connectivity index is 1.71. The molecule has 4 nitrogen and oxygen atoms in total. The molecule has 0 radical (unpaired) electrons. The van der Waals surface area contributed by atoms with Crippen LogP contribution in [0.4, 0.5) is 0 Å². The van der Waals surface area contributed by atoms with Crippen molar-refractivity contribution in [1.82, 2.24) is 9.80 Å². The summed E-state index contributed by atoms with van der Waals surface area (Å²) < 4.78 is 0. The number of benzene rings is 1. The first-order valence-corrected chi connectivity index (χ1v) is 7.92. The molecule has 1 saturated heterocycles. The molecule has 0 aliphatic carbocycles. The van der Waals surface area contributed by atoms with Crippen LogP contribution in [-0.2, 0) is 6.54 Å². The van der Waals surface area contributed by atoms with Crippen molar-refractivity contribution in [3.8, 4) is 0 Å². The molecule has 0 aromatic heterocycles. The van der Waals surface area contributed by atoms with Gasteiger partial charge in [-0.05, 0) is 31.4 Å². The predicted octanol–water partition coefficient (Wildman–Crippen LogP) is 2.17. The van der Waals surface area contributed by atoms with Crippen LogP contribution in [0.3, 0.4) is 0 Å². The van der Waals surface area contributed by atoms with Crippen LogP contribution in [-0.4, -0.2) is 49.0 Å². The molecule has 116 valence electrons. The Bertz CT molecular complexity index is 435. The first kappa shape index (κ1) is 15.8. The zero-order chi connectivity index (χ0) is 15.1. The van der Waals surface area contributed by atoms with Gasteiger partial charge in [-0.25, -0.2) is 0 Å². The molecule has 1 fully saturated rings. The van der Waals surface area contributed by atoms with E-state index in [1.165, 1.54) is 18.4 Å². The van der Waals surface area contributed by atoms with Gasteiger partial charge in [-0.3, -0.25) is 4.99 Å². The van der Waals surface area contributed by atoms with Gasteiger partial charge in [0.1, 0.15) is 0 Å². The van der Waals surface area contributed by atoms with Crippen molar-refractivity contribution in [3.63, 3.8) is 0 Å². The van der Waals surface area contributed by atoms with E-state index in [4.69, 9.17) is 5.73 Å². The number of guanidine groups is 1. The molecular weight excluding hydrogens is 260 g/mol. The molecule has 2 rings (SSSR count). The minimum absolute atomic E-state index is 0.718. The van der Waals surface area contributed by atoms with Gasteiger partial charge < -0.3 is 15.5 Å². The van der Waals surface area contributed by atoms with Gasteiger partial charge in [0.25, 0.3) is 0 Å². The minimum Gasteiger partial charge on any atom is -0.370 e. The van der Waals surface area contributed by atoms with E-state index in [1.807, 2.05) is 6.07 Å². The lowest BCUT2D eigenvalue weighted by molar-refractivity contribution is 0.276. The number of nitrogens with zero attached hydrogens (tertiary/aromatic N) is 3. The summed E-state index contributed by atoms with van der Waals surface area (Å²) >= 11 is 0. The van der Waals surface area contributed by atoms with E-state index < -0.39 is 0 Å². The smallest absolute Gasteiger partial charge is 0.191 e. The fourth-order valence-electron chi connectivity index (χ4n) is 2.65. The van der Waals surface area contributed by atoms with E-state index in [0.717, 1.165) is 44.6 Å². The number of hydrogen-bond acceptors (Lipinski definition) is 2. The second-order valence-electron chi connectivity index (χ2n) is 6.13. The molecule has 0 atom stereocenters. The number of likely N-dealkylation sites (N-methyl/N-ethyl adjacent to an activating group) is 1. The third-order valence-corrected chi connectivity index (χ3v) is 4.16. The van der Waals surface area contributed by atoms with Gasteiger partial charge in [0.15, 0.2) is 5.96 Å². The second-order valence-corrected chi connectivity index (χ2v) is 6.13. The summed E-state index contributed by atoms with van der Waals surface area (Å²) in [5, 5.41) is 0. The fourth-order valence-corrected chi connectivity index (χ4v) is 2.65. The van der Waals surface area contributed by atoms with E-state index in [0.29, 0.717) is 0 Å². The van der Waals surface area contributed by atoms with Crippen molar-refractivity contribution in [2.24, 2.45) is 16.6 Å². The Morgan fingerprint density at radius 2 is 1.95 bits per heavy atom. The third kappa shape index (κ3) is 5.38. The molecule has 0 spiro atoms. The van der Waals surface area contributed by atoms with Crippen molar-refractivity contribution in [1.29, 1.82) is 0 Å². The molecule has 1 aliphatic heterocycles. The van der Waals surface area contributed by atoms with E-state index in [-0.39, 0.29) is 0 Å². The largest absolute Gasteiger partial charge is 0.370 e. The first-order valence-electron chi connectivity index (χ1n) is 7.92. The van der Waals surface area contributed by atoms with Crippen LogP contribution >= 0.6 is 0 Å². The van der Waals surface area contributed by atoms with E-state index in [9.17, 15) is 0 Å². The van der Waals surface area contributed by atoms with Crippen LogP contribution in [0.5, 0.6) is 0 Å². The molecule has 4 heteroatoms. The molecule has 1 heterocycles. The summed E-state index contributed by atoms with van der Waals surface area (Å²) in [7, 11) is 2.13. The highest BCUT2D eigenvalue weighted by molar-refractivity contribution is 5.78. The number of piperidine rings is 1. The molecule has 1 aliphatic rings. The monoisotopic (exact) mass is 288 g/mol. The molecule has 2 N–H and O–H groups in total. The third-order valence-electron chi connectivity index (χ3n) is 4.16. The quantitative estimate of drug-likeness (QED) is 0.667. The van der Waals surface area contributed by atoms with Crippen molar-refractivity contribution >= 4 is 5.96 Å². The van der Waals surface area contributed by atoms with Crippen molar-refractivity contribution in [2.45, 2.75) is 26.3 Å². The van der Waals surface area contributed by atoms with Gasteiger partial charge in [0.05, 0.1) is 6.54 Å². The summed E-state index contributed by atoms with van der Waals surface area (Å²) in [5.41, 5.74) is 7.43. The Kier molecular flexibility index (Phi) is 6.05. The van der Waals surface area contributed by atoms with Crippen LogP contribution in [0, 0.1) is 5.92 Å². The SMILES string of the molecule is CC1CCN(C(N)=NCCN(C)Cc2ccccc2)CC1.